The van der Waals surface area contributed by atoms with E-state index in [0.29, 0.717) is 40.5 Å². The van der Waals surface area contributed by atoms with Crippen molar-refractivity contribution in [1.29, 1.82) is 0 Å². The minimum Gasteiger partial charge on any atom is -0.490 e. The lowest BCUT2D eigenvalue weighted by Crippen LogP contribution is -2.45. The fraction of sp³-hybridized carbons (Fsp3) is 0.258. The van der Waals surface area contributed by atoms with E-state index in [1.165, 1.54) is 25.5 Å². The van der Waals surface area contributed by atoms with Crippen LogP contribution >= 0.6 is 23.2 Å². The third-order valence-corrected chi connectivity index (χ3v) is 7.20. The molecule has 4 N–H and O–H groups in total. The third kappa shape index (κ3) is 9.03. The molecule has 0 radical (unpaired) electrons. The number of hydrogen-bond donors (Lipinski definition) is 4. The molecule has 248 valence electrons. The second-order valence-electron chi connectivity index (χ2n) is 9.94. The van der Waals surface area contributed by atoms with Crippen LogP contribution in [0.15, 0.2) is 71.0 Å². The highest BCUT2D eigenvalue weighted by Gasteiger charge is 2.32. The fourth-order valence-corrected chi connectivity index (χ4v) is 5.14. The Balaban J connectivity index is 1.37. The summed E-state index contributed by atoms with van der Waals surface area (Å²) >= 11 is 12.7. The van der Waals surface area contributed by atoms with Crippen LogP contribution in [0.4, 0.5) is 10.5 Å². The van der Waals surface area contributed by atoms with Gasteiger partial charge in [-0.2, -0.15) is 5.10 Å². The summed E-state index contributed by atoms with van der Waals surface area (Å²) in [6.45, 7) is 3.47. The maximum atomic E-state index is 12.4. The summed E-state index contributed by atoms with van der Waals surface area (Å²) in [4.78, 5) is 35.1. The number of ether oxygens (including phenoxy) is 4. The largest absolute Gasteiger partial charge is 0.490 e. The van der Waals surface area contributed by atoms with E-state index >= 15 is 0 Å². The molecule has 0 spiro atoms. The number of amides is 2. The summed E-state index contributed by atoms with van der Waals surface area (Å²) in [6.07, 6.45) is 0.150. The second kappa shape index (κ2) is 16.0. The van der Waals surface area contributed by atoms with Crippen LogP contribution in [-0.4, -0.2) is 54.8 Å². The summed E-state index contributed by atoms with van der Waals surface area (Å²) in [5, 5.41) is 31.1. The Bertz CT molecular complexity index is 1690. The number of methoxy groups -OCH3 is 1. The monoisotopic (exact) mass is 687 g/mol. The van der Waals surface area contributed by atoms with Gasteiger partial charge in [0, 0.05) is 17.8 Å². The number of nitrogens with zero attached hydrogens (tertiary/aromatic N) is 2. The van der Waals surface area contributed by atoms with Gasteiger partial charge in [0.05, 0.1) is 46.5 Å². The van der Waals surface area contributed by atoms with Crippen molar-refractivity contribution in [2.24, 2.45) is 5.10 Å². The zero-order valence-electron chi connectivity index (χ0n) is 25.4. The van der Waals surface area contributed by atoms with Gasteiger partial charge in [0.15, 0.2) is 23.5 Å². The number of urea groups is 1. The molecule has 0 aliphatic carbocycles. The Morgan fingerprint density at radius 3 is 2.55 bits per heavy atom. The number of nitro benzene ring substituents is 1. The first-order chi connectivity index (χ1) is 22.5. The van der Waals surface area contributed by atoms with Crippen LogP contribution in [0.25, 0.3) is 0 Å². The number of aliphatic hydroxyl groups excluding tert-OH is 1. The van der Waals surface area contributed by atoms with Crippen molar-refractivity contribution in [1.82, 2.24) is 16.1 Å². The third-order valence-electron chi connectivity index (χ3n) is 6.63. The maximum absolute atomic E-state index is 12.4. The molecule has 1 aliphatic heterocycles. The van der Waals surface area contributed by atoms with E-state index < -0.39 is 29.2 Å². The van der Waals surface area contributed by atoms with Crippen molar-refractivity contribution in [2.45, 2.75) is 32.7 Å². The normalized spacial score (nSPS) is 15.0. The first-order valence-corrected chi connectivity index (χ1v) is 14.8. The van der Waals surface area contributed by atoms with Crippen molar-refractivity contribution in [2.75, 3.05) is 20.3 Å². The van der Waals surface area contributed by atoms with Gasteiger partial charge in [-0.1, -0.05) is 41.4 Å². The number of carbonyl (C=O) groups is 2. The molecule has 0 fully saturated rings. The molecule has 0 aromatic heterocycles. The smallest absolute Gasteiger partial charge is 0.337 e. The number of rotatable bonds is 14. The Labute approximate surface area is 279 Å². The molecule has 0 saturated carbocycles. The molecule has 2 atom stereocenters. The SMILES string of the molecule is CCOc1cc([C@H]2NC(=O)NC(C)=C2C(=O)OC)ccc1OC[C@H](O)N/N=C\c1cc(Cl)c(OCc2cccc([N+](=O)[O-])c2)c(Cl)c1. The summed E-state index contributed by atoms with van der Waals surface area (Å²) in [5.41, 5.74) is 4.70. The molecule has 2 amide bonds. The van der Waals surface area contributed by atoms with Gasteiger partial charge in [0.2, 0.25) is 0 Å². The molecular formula is C31H31Cl2N5O9. The van der Waals surface area contributed by atoms with Crippen LogP contribution < -0.4 is 30.3 Å². The second-order valence-corrected chi connectivity index (χ2v) is 10.8. The molecule has 3 aromatic carbocycles. The molecule has 1 heterocycles. The van der Waals surface area contributed by atoms with E-state index in [1.54, 1.807) is 56.3 Å². The number of allylic oxidation sites excluding steroid dienone is 1. The lowest BCUT2D eigenvalue weighted by molar-refractivity contribution is -0.384. The number of carbonyl (C=O) groups excluding carboxylic acids is 2. The lowest BCUT2D eigenvalue weighted by atomic mass is 9.95. The summed E-state index contributed by atoms with van der Waals surface area (Å²) in [7, 11) is 1.25. The van der Waals surface area contributed by atoms with E-state index in [-0.39, 0.29) is 40.3 Å². The summed E-state index contributed by atoms with van der Waals surface area (Å²) < 4.78 is 22.1. The molecule has 4 rings (SSSR count). The van der Waals surface area contributed by atoms with Crippen molar-refractivity contribution >= 4 is 47.1 Å². The highest BCUT2D eigenvalue weighted by molar-refractivity contribution is 6.37. The Morgan fingerprint density at radius 2 is 1.87 bits per heavy atom. The summed E-state index contributed by atoms with van der Waals surface area (Å²) in [5.74, 6) is 0.234. The first kappa shape index (κ1) is 34.8. The Kier molecular flexibility index (Phi) is 11.8. The van der Waals surface area contributed by atoms with Crippen LogP contribution in [0.1, 0.15) is 36.6 Å². The van der Waals surface area contributed by atoms with Gasteiger partial charge >= 0.3 is 12.0 Å². The minimum absolute atomic E-state index is 0.00984. The lowest BCUT2D eigenvalue weighted by Gasteiger charge is -2.28. The van der Waals surface area contributed by atoms with Crippen molar-refractivity contribution < 1.29 is 38.6 Å². The average molecular weight is 689 g/mol. The van der Waals surface area contributed by atoms with Crippen molar-refractivity contribution in [3.8, 4) is 17.2 Å². The number of nitro groups is 1. The zero-order valence-corrected chi connectivity index (χ0v) is 26.9. The molecule has 1 aliphatic rings. The van der Waals surface area contributed by atoms with Gasteiger partial charge in [-0.15, -0.1) is 0 Å². The van der Waals surface area contributed by atoms with Crippen molar-refractivity contribution in [3.05, 3.63) is 103 Å². The predicted octanol–water partition coefficient (Wildman–Crippen LogP) is 5.00. The van der Waals surface area contributed by atoms with Crippen molar-refractivity contribution in [3.63, 3.8) is 0 Å². The number of esters is 1. The van der Waals surface area contributed by atoms with Gasteiger partial charge < -0.3 is 34.7 Å². The number of hydrazone groups is 1. The van der Waals surface area contributed by atoms with Gasteiger partial charge in [-0.25, -0.2) is 9.59 Å². The van der Waals surface area contributed by atoms with Gasteiger partial charge in [-0.05, 0) is 54.8 Å². The molecule has 0 bridgehead atoms. The average Bonchev–Trinajstić information content (AvgIpc) is 3.03. The number of non-ortho nitro benzene ring substituents is 1. The van der Waals surface area contributed by atoms with E-state index in [2.05, 4.69) is 21.2 Å². The molecule has 47 heavy (non-hydrogen) atoms. The van der Waals surface area contributed by atoms with Crippen LogP contribution in [-0.2, 0) is 16.1 Å². The zero-order chi connectivity index (χ0) is 34.1. The molecule has 3 aromatic rings. The van der Waals surface area contributed by atoms with Crippen LogP contribution in [0.5, 0.6) is 17.2 Å². The number of hydrogen-bond acceptors (Lipinski definition) is 11. The minimum atomic E-state index is -1.23. The number of benzene rings is 3. The van der Waals surface area contributed by atoms with Gasteiger partial charge in [-0.3, -0.25) is 15.5 Å². The molecule has 0 saturated heterocycles. The topological polar surface area (TPSA) is 183 Å². The van der Waals surface area contributed by atoms with E-state index in [1.807, 2.05) is 0 Å². The van der Waals surface area contributed by atoms with E-state index in [4.69, 9.17) is 42.1 Å². The number of nitrogens with one attached hydrogen (secondary N) is 3. The highest BCUT2D eigenvalue weighted by atomic mass is 35.5. The van der Waals surface area contributed by atoms with Crippen LogP contribution in [0.2, 0.25) is 10.0 Å². The summed E-state index contributed by atoms with van der Waals surface area (Å²) in [6, 6.07) is 12.7. The highest BCUT2D eigenvalue weighted by Crippen LogP contribution is 2.36. The Hall–Kier alpha value is -5.05. The molecular weight excluding hydrogens is 657 g/mol. The fourth-order valence-electron chi connectivity index (χ4n) is 4.53. The van der Waals surface area contributed by atoms with E-state index in [0.717, 1.165) is 0 Å². The van der Waals surface area contributed by atoms with E-state index in [9.17, 15) is 24.8 Å². The number of aliphatic hydroxyl groups is 1. The van der Waals surface area contributed by atoms with Crippen LogP contribution in [0.3, 0.4) is 0 Å². The van der Waals surface area contributed by atoms with Crippen LogP contribution in [0, 0.1) is 10.1 Å². The maximum Gasteiger partial charge on any atom is 0.337 e. The first-order valence-electron chi connectivity index (χ1n) is 14.1. The van der Waals surface area contributed by atoms with Gasteiger partial charge in [0.25, 0.3) is 5.69 Å². The van der Waals surface area contributed by atoms with Gasteiger partial charge in [0.1, 0.15) is 13.2 Å². The standard InChI is InChI=1S/C31H31Cl2N5O9/c1-4-45-25-13-20(28-27(30(40)44-3)17(2)35-31(41)36-28)8-9-24(25)46-16-26(39)37-34-14-19-11-22(32)29(23(33)12-19)47-15-18-6-5-7-21(10-18)38(42)43/h5-14,26,28,37,39H,4,15-16H2,1-3H3,(H2,35,36,41)/b34-14-/t26-,28+/m0/s1. The quantitative estimate of drug-likeness (QED) is 0.0591. The number of halogens is 2. The molecule has 16 heteroatoms. The molecule has 14 nitrogen and oxygen atoms in total. The molecule has 0 unspecified atom stereocenters. The predicted molar refractivity (Wildman–Crippen MR) is 173 cm³/mol. The Morgan fingerprint density at radius 1 is 1.13 bits per heavy atom.